The van der Waals surface area contributed by atoms with Gasteiger partial charge >= 0.3 is 0 Å². The van der Waals surface area contributed by atoms with Crippen molar-refractivity contribution in [2.24, 2.45) is 0 Å². The van der Waals surface area contributed by atoms with E-state index in [0.29, 0.717) is 11.8 Å². The molecule has 1 atom stereocenters. The molecule has 92 valence electrons. The molecule has 0 aliphatic carbocycles. The Kier molecular flexibility index (Phi) is 3.89. The van der Waals surface area contributed by atoms with Crippen molar-refractivity contribution < 1.29 is 13.6 Å². The third-order valence-electron chi connectivity index (χ3n) is 2.42. The van der Waals surface area contributed by atoms with E-state index < -0.39 is 0 Å². The number of ether oxygens (including phenoxy) is 1. The van der Waals surface area contributed by atoms with Crippen molar-refractivity contribution in [3.8, 4) is 0 Å². The Bertz CT molecular complexity index is 478. The van der Waals surface area contributed by atoms with Crippen molar-refractivity contribution in [3.05, 3.63) is 46.8 Å². The SMILES string of the molecule is CNC(c1ccc(Cl)o1)c1ccc(COC)o1. The lowest BCUT2D eigenvalue weighted by molar-refractivity contribution is 0.161. The molecular weight excluding hydrogens is 242 g/mol. The van der Waals surface area contributed by atoms with Gasteiger partial charge in [0.25, 0.3) is 0 Å². The summed E-state index contributed by atoms with van der Waals surface area (Å²) in [4.78, 5) is 0. The minimum absolute atomic E-state index is 0.145. The molecule has 0 aromatic carbocycles. The zero-order chi connectivity index (χ0) is 12.3. The first-order valence-electron chi connectivity index (χ1n) is 5.24. The van der Waals surface area contributed by atoms with E-state index in [1.54, 1.807) is 13.2 Å². The van der Waals surface area contributed by atoms with Crippen LogP contribution >= 0.6 is 11.6 Å². The van der Waals surface area contributed by atoms with Gasteiger partial charge in [0, 0.05) is 7.11 Å². The van der Waals surface area contributed by atoms with E-state index in [2.05, 4.69) is 5.32 Å². The van der Waals surface area contributed by atoms with E-state index in [9.17, 15) is 0 Å². The molecule has 0 aliphatic rings. The summed E-state index contributed by atoms with van der Waals surface area (Å²) in [7, 11) is 3.46. The van der Waals surface area contributed by atoms with Crippen LogP contribution in [-0.2, 0) is 11.3 Å². The van der Waals surface area contributed by atoms with Crippen LogP contribution in [0.25, 0.3) is 0 Å². The number of hydrogen-bond acceptors (Lipinski definition) is 4. The summed E-state index contributed by atoms with van der Waals surface area (Å²) in [6.07, 6.45) is 0. The number of halogens is 1. The summed E-state index contributed by atoms with van der Waals surface area (Å²) in [6, 6.07) is 7.16. The molecule has 5 heteroatoms. The quantitative estimate of drug-likeness (QED) is 0.892. The molecule has 0 radical (unpaired) electrons. The second kappa shape index (κ2) is 5.40. The molecule has 4 nitrogen and oxygen atoms in total. The average molecular weight is 256 g/mol. The Morgan fingerprint density at radius 2 is 1.94 bits per heavy atom. The molecule has 0 aliphatic heterocycles. The Balaban J connectivity index is 2.22. The first-order valence-corrected chi connectivity index (χ1v) is 5.62. The number of methoxy groups -OCH3 is 1. The van der Waals surface area contributed by atoms with Crippen molar-refractivity contribution in [3.63, 3.8) is 0 Å². The van der Waals surface area contributed by atoms with Gasteiger partial charge in [0.15, 0.2) is 5.22 Å². The maximum atomic E-state index is 5.76. The van der Waals surface area contributed by atoms with Crippen molar-refractivity contribution in [2.75, 3.05) is 14.2 Å². The second-order valence-electron chi connectivity index (χ2n) is 3.60. The largest absolute Gasteiger partial charge is 0.461 e. The fourth-order valence-electron chi connectivity index (χ4n) is 1.68. The van der Waals surface area contributed by atoms with Gasteiger partial charge in [-0.3, -0.25) is 0 Å². The fraction of sp³-hybridized carbons (Fsp3) is 0.333. The number of hydrogen-bond donors (Lipinski definition) is 1. The van der Waals surface area contributed by atoms with Crippen LogP contribution in [0.2, 0.25) is 5.22 Å². The summed E-state index contributed by atoms with van der Waals surface area (Å²) < 4.78 is 16.0. The van der Waals surface area contributed by atoms with Gasteiger partial charge in [-0.05, 0) is 42.9 Å². The highest BCUT2D eigenvalue weighted by molar-refractivity contribution is 6.28. The van der Waals surface area contributed by atoms with Gasteiger partial charge in [-0.15, -0.1) is 0 Å². The zero-order valence-corrected chi connectivity index (χ0v) is 10.5. The maximum Gasteiger partial charge on any atom is 0.193 e. The molecule has 2 aromatic rings. The van der Waals surface area contributed by atoms with Crippen molar-refractivity contribution >= 4 is 11.6 Å². The van der Waals surface area contributed by atoms with E-state index in [1.807, 2.05) is 25.2 Å². The summed E-state index contributed by atoms with van der Waals surface area (Å²) in [5, 5.41) is 3.48. The van der Waals surface area contributed by atoms with Gasteiger partial charge in [-0.2, -0.15) is 0 Å². The highest BCUT2D eigenvalue weighted by atomic mass is 35.5. The molecule has 2 heterocycles. The molecule has 0 saturated heterocycles. The van der Waals surface area contributed by atoms with Gasteiger partial charge in [-0.1, -0.05) is 0 Å². The number of furan rings is 2. The first-order chi connectivity index (χ1) is 8.24. The monoisotopic (exact) mass is 255 g/mol. The molecule has 1 N–H and O–H groups in total. The first kappa shape index (κ1) is 12.2. The van der Waals surface area contributed by atoms with Crippen LogP contribution < -0.4 is 5.32 Å². The third-order valence-corrected chi connectivity index (χ3v) is 2.62. The highest BCUT2D eigenvalue weighted by Crippen LogP contribution is 2.27. The minimum Gasteiger partial charge on any atom is -0.461 e. The van der Waals surface area contributed by atoms with E-state index in [0.717, 1.165) is 17.3 Å². The van der Waals surface area contributed by atoms with Gasteiger partial charge < -0.3 is 18.9 Å². The smallest absolute Gasteiger partial charge is 0.193 e. The Morgan fingerprint density at radius 1 is 1.24 bits per heavy atom. The maximum absolute atomic E-state index is 5.76. The molecule has 17 heavy (non-hydrogen) atoms. The molecule has 0 saturated carbocycles. The normalized spacial score (nSPS) is 12.9. The number of nitrogens with one attached hydrogen (secondary N) is 1. The summed E-state index contributed by atoms with van der Waals surface area (Å²) in [5.74, 6) is 2.27. The summed E-state index contributed by atoms with van der Waals surface area (Å²) in [6.45, 7) is 0.454. The Hall–Kier alpha value is -1.23. The fourth-order valence-corrected chi connectivity index (χ4v) is 1.83. The van der Waals surface area contributed by atoms with Crippen LogP contribution in [0.5, 0.6) is 0 Å². The Labute approximate surface area is 105 Å². The lowest BCUT2D eigenvalue weighted by Gasteiger charge is -2.10. The van der Waals surface area contributed by atoms with Crippen molar-refractivity contribution in [1.29, 1.82) is 0 Å². The topological polar surface area (TPSA) is 47.5 Å². The lowest BCUT2D eigenvalue weighted by atomic mass is 10.2. The van der Waals surface area contributed by atoms with E-state index in [1.165, 1.54) is 0 Å². The van der Waals surface area contributed by atoms with E-state index in [-0.39, 0.29) is 6.04 Å². The van der Waals surface area contributed by atoms with Gasteiger partial charge in [-0.25, -0.2) is 0 Å². The molecule has 0 amide bonds. The lowest BCUT2D eigenvalue weighted by Crippen LogP contribution is -2.16. The van der Waals surface area contributed by atoms with Gasteiger partial charge in [0.05, 0.1) is 0 Å². The van der Waals surface area contributed by atoms with Crippen molar-refractivity contribution in [2.45, 2.75) is 12.6 Å². The van der Waals surface area contributed by atoms with Crippen LogP contribution in [0.15, 0.2) is 33.1 Å². The predicted octanol–water partition coefficient (Wildman–Crippen LogP) is 2.98. The minimum atomic E-state index is -0.145. The van der Waals surface area contributed by atoms with Crippen LogP contribution in [0.4, 0.5) is 0 Å². The molecule has 2 aromatic heterocycles. The molecule has 0 bridgehead atoms. The van der Waals surface area contributed by atoms with Crippen LogP contribution in [0, 0.1) is 0 Å². The second-order valence-corrected chi connectivity index (χ2v) is 3.97. The third kappa shape index (κ3) is 2.72. The van der Waals surface area contributed by atoms with Crippen molar-refractivity contribution in [1.82, 2.24) is 5.32 Å². The summed E-state index contributed by atoms with van der Waals surface area (Å²) >= 11 is 5.76. The van der Waals surface area contributed by atoms with E-state index >= 15 is 0 Å². The molecule has 1 unspecified atom stereocenters. The van der Waals surface area contributed by atoms with Crippen LogP contribution in [0.3, 0.4) is 0 Å². The van der Waals surface area contributed by atoms with Crippen LogP contribution in [-0.4, -0.2) is 14.2 Å². The number of rotatable bonds is 5. The Morgan fingerprint density at radius 3 is 2.53 bits per heavy atom. The summed E-state index contributed by atoms with van der Waals surface area (Å²) in [5.41, 5.74) is 0. The molecular formula is C12H14ClNO3. The molecule has 0 spiro atoms. The predicted molar refractivity (Wildman–Crippen MR) is 64.0 cm³/mol. The molecule has 2 rings (SSSR count). The zero-order valence-electron chi connectivity index (χ0n) is 9.70. The highest BCUT2D eigenvalue weighted by Gasteiger charge is 2.19. The van der Waals surface area contributed by atoms with Crippen LogP contribution in [0.1, 0.15) is 23.3 Å². The average Bonchev–Trinajstić information content (AvgIpc) is 2.91. The standard InChI is InChI=1S/C12H14ClNO3/c1-14-12(10-5-6-11(13)17-10)9-4-3-8(16-9)7-15-2/h3-6,12,14H,7H2,1-2H3. The van der Waals surface area contributed by atoms with E-state index in [4.69, 9.17) is 25.2 Å². The van der Waals surface area contributed by atoms with Gasteiger partial charge in [0.2, 0.25) is 0 Å². The van der Waals surface area contributed by atoms with Gasteiger partial charge in [0.1, 0.15) is 29.9 Å². The molecule has 0 fully saturated rings.